The van der Waals surface area contributed by atoms with E-state index in [1.165, 1.54) is 33.6 Å². The van der Waals surface area contributed by atoms with Gasteiger partial charge in [0.05, 0.1) is 0 Å². The van der Waals surface area contributed by atoms with Gasteiger partial charge in [-0.05, 0) is 0 Å². The number of benzene rings is 2. The van der Waals surface area contributed by atoms with Gasteiger partial charge in [-0.25, -0.2) is 0 Å². The first kappa shape index (κ1) is 15.1. The van der Waals surface area contributed by atoms with Crippen LogP contribution in [0.3, 0.4) is 0 Å². The molecule has 3 aromatic rings. The third-order valence-corrected chi connectivity index (χ3v) is 4.96. The topological polar surface area (TPSA) is 9.86 Å². The molecular formula is C19H20N2Se. The van der Waals surface area contributed by atoms with E-state index in [0.717, 1.165) is 4.32 Å². The summed E-state index contributed by atoms with van der Waals surface area (Å²) >= 11 is 3.25. The Morgan fingerprint density at radius 3 is 1.27 bits per heavy atom. The van der Waals surface area contributed by atoms with Gasteiger partial charge in [0.1, 0.15) is 0 Å². The van der Waals surface area contributed by atoms with Gasteiger partial charge in [0.15, 0.2) is 0 Å². The van der Waals surface area contributed by atoms with Crippen molar-refractivity contribution in [2.75, 3.05) is 0 Å². The van der Waals surface area contributed by atoms with E-state index in [0.29, 0.717) is 0 Å². The van der Waals surface area contributed by atoms with Crippen molar-refractivity contribution in [3.8, 4) is 11.4 Å². The van der Waals surface area contributed by atoms with E-state index < -0.39 is 0 Å². The van der Waals surface area contributed by atoms with Crippen molar-refractivity contribution in [3.63, 3.8) is 0 Å². The Kier molecular flexibility index (Phi) is 3.94. The van der Waals surface area contributed by atoms with E-state index in [1.54, 1.807) is 0 Å². The summed E-state index contributed by atoms with van der Waals surface area (Å²) in [4.78, 5) is 0. The molecule has 112 valence electrons. The molecule has 0 saturated carbocycles. The van der Waals surface area contributed by atoms with Gasteiger partial charge in [0.2, 0.25) is 0 Å². The third-order valence-electron chi connectivity index (χ3n) is 4.14. The van der Waals surface area contributed by atoms with Gasteiger partial charge in [-0.3, -0.25) is 0 Å². The van der Waals surface area contributed by atoms with Crippen molar-refractivity contribution in [1.82, 2.24) is 9.13 Å². The summed E-state index contributed by atoms with van der Waals surface area (Å²) in [5, 5.41) is 0. The SMILES string of the molecule is Cc1cccc(C)c1-n1ccn(-c2c(C)cccc2C)c1=[Se]. The van der Waals surface area contributed by atoms with Crippen LogP contribution in [0.5, 0.6) is 0 Å². The number of nitrogens with zero attached hydrogens (tertiary/aromatic N) is 2. The molecule has 0 saturated heterocycles. The van der Waals surface area contributed by atoms with Crippen molar-refractivity contribution in [3.05, 3.63) is 75.4 Å². The van der Waals surface area contributed by atoms with E-state index in [2.05, 4.69) is 101 Å². The van der Waals surface area contributed by atoms with Crippen LogP contribution in [0.25, 0.3) is 11.4 Å². The molecule has 22 heavy (non-hydrogen) atoms. The van der Waals surface area contributed by atoms with Gasteiger partial charge >= 0.3 is 139 Å². The first-order valence-corrected chi connectivity index (χ1v) is 8.29. The van der Waals surface area contributed by atoms with Gasteiger partial charge < -0.3 is 0 Å². The van der Waals surface area contributed by atoms with E-state index >= 15 is 0 Å². The van der Waals surface area contributed by atoms with E-state index in [1.807, 2.05) is 0 Å². The summed E-state index contributed by atoms with van der Waals surface area (Å²) in [7, 11) is 0. The molecule has 0 atom stereocenters. The summed E-state index contributed by atoms with van der Waals surface area (Å²) < 4.78 is 5.56. The van der Waals surface area contributed by atoms with Gasteiger partial charge in [-0.1, -0.05) is 0 Å². The number of rotatable bonds is 2. The summed E-state index contributed by atoms with van der Waals surface area (Å²) in [6.07, 6.45) is 4.26. The second-order valence-electron chi connectivity index (χ2n) is 5.80. The zero-order valence-corrected chi connectivity index (χ0v) is 15.1. The molecule has 0 spiro atoms. The quantitative estimate of drug-likeness (QED) is 0.610. The molecule has 0 aliphatic carbocycles. The van der Waals surface area contributed by atoms with Gasteiger partial charge in [0.25, 0.3) is 0 Å². The number of hydrogen-bond acceptors (Lipinski definition) is 0. The molecule has 1 heterocycles. The van der Waals surface area contributed by atoms with Crippen molar-refractivity contribution >= 4 is 15.6 Å². The maximum absolute atomic E-state index is 3.25. The number of imidazole rings is 1. The van der Waals surface area contributed by atoms with Gasteiger partial charge in [-0.2, -0.15) is 0 Å². The molecule has 2 aromatic carbocycles. The Morgan fingerprint density at radius 1 is 0.636 bits per heavy atom. The van der Waals surface area contributed by atoms with Crippen molar-refractivity contribution in [1.29, 1.82) is 0 Å². The molecule has 3 heteroatoms. The average molecular weight is 355 g/mol. The molecule has 0 unspecified atom stereocenters. The number of hydrogen-bond donors (Lipinski definition) is 0. The fraction of sp³-hybridized carbons (Fsp3) is 0.211. The Morgan fingerprint density at radius 2 is 0.955 bits per heavy atom. The predicted molar refractivity (Wildman–Crippen MR) is 93.0 cm³/mol. The van der Waals surface area contributed by atoms with Crippen LogP contribution in [0, 0.1) is 32.0 Å². The van der Waals surface area contributed by atoms with Crippen LogP contribution in [-0.4, -0.2) is 24.7 Å². The molecule has 0 radical (unpaired) electrons. The molecule has 0 N–H and O–H groups in total. The Labute approximate surface area is 139 Å². The Hall–Kier alpha value is -1.83. The molecule has 0 aliphatic rings. The van der Waals surface area contributed by atoms with E-state index in [9.17, 15) is 0 Å². The van der Waals surface area contributed by atoms with Crippen LogP contribution in [0.1, 0.15) is 22.3 Å². The molecule has 0 aliphatic heterocycles. The number of aromatic nitrogens is 2. The fourth-order valence-corrected chi connectivity index (χ4v) is 3.73. The molecule has 1 aromatic heterocycles. The molecule has 0 bridgehead atoms. The van der Waals surface area contributed by atoms with E-state index in [4.69, 9.17) is 0 Å². The van der Waals surface area contributed by atoms with Crippen molar-refractivity contribution in [2.45, 2.75) is 27.7 Å². The van der Waals surface area contributed by atoms with Crippen LogP contribution in [0.2, 0.25) is 0 Å². The van der Waals surface area contributed by atoms with E-state index in [-0.39, 0.29) is 0 Å². The second-order valence-corrected chi connectivity index (χ2v) is 6.57. The van der Waals surface area contributed by atoms with Crippen molar-refractivity contribution < 1.29 is 0 Å². The predicted octanol–water partition coefficient (Wildman–Crippen LogP) is 4.20. The minimum absolute atomic E-state index is 1.09. The summed E-state index contributed by atoms with van der Waals surface area (Å²) in [5.41, 5.74) is 7.62. The van der Waals surface area contributed by atoms with Gasteiger partial charge in [0, 0.05) is 0 Å². The molecular weight excluding hydrogens is 335 g/mol. The number of para-hydroxylation sites is 2. The Balaban J connectivity index is 2.25. The first-order chi connectivity index (χ1) is 10.5. The normalized spacial score (nSPS) is 10.9. The van der Waals surface area contributed by atoms with Crippen molar-refractivity contribution in [2.24, 2.45) is 0 Å². The zero-order valence-electron chi connectivity index (χ0n) is 13.4. The third kappa shape index (κ3) is 2.41. The molecule has 2 nitrogen and oxygen atoms in total. The fourth-order valence-electron chi connectivity index (χ4n) is 3.09. The standard InChI is InChI=1S/C19H20N2Se/c1-13-7-5-8-14(2)17(13)20-11-12-21(19(20)22)18-15(3)9-6-10-16(18)4/h5-12H,1-4H3. The monoisotopic (exact) mass is 356 g/mol. The summed E-state index contributed by atoms with van der Waals surface area (Å²) in [6.45, 7) is 8.63. The number of aryl methyl sites for hydroxylation is 4. The first-order valence-electron chi connectivity index (χ1n) is 7.44. The van der Waals surface area contributed by atoms with Gasteiger partial charge in [-0.15, -0.1) is 0 Å². The van der Waals surface area contributed by atoms with Crippen LogP contribution >= 0.6 is 0 Å². The average Bonchev–Trinajstić information content (AvgIpc) is 2.81. The van der Waals surface area contributed by atoms with Crippen LogP contribution in [0.15, 0.2) is 48.8 Å². The van der Waals surface area contributed by atoms with Crippen LogP contribution < -0.4 is 0 Å². The molecule has 0 amide bonds. The second kappa shape index (κ2) is 5.75. The van der Waals surface area contributed by atoms with Crippen LogP contribution in [-0.2, 0) is 0 Å². The molecule has 3 rings (SSSR count). The molecule has 0 fully saturated rings. The zero-order chi connectivity index (χ0) is 15.9. The summed E-state index contributed by atoms with van der Waals surface area (Å²) in [6, 6.07) is 12.8. The Bertz CT molecular complexity index is 788. The maximum atomic E-state index is 3.25. The minimum atomic E-state index is 1.09. The van der Waals surface area contributed by atoms with Crippen LogP contribution in [0.4, 0.5) is 0 Å². The summed E-state index contributed by atoms with van der Waals surface area (Å²) in [5.74, 6) is 0.